The summed E-state index contributed by atoms with van der Waals surface area (Å²) in [7, 11) is 1.63. The number of carbonyl (C=O) groups is 2. The quantitative estimate of drug-likeness (QED) is 0.579. The smallest absolute Gasteiger partial charge is 0.341 e. The third kappa shape index (κ3) is 4.86. The molecule has 7 nitrogen and oxygen atoms in total. The molecular formula is C23H25N3O4. The van der Waals surface area contributed by atoms with Crippen molar-refractivity contribution < 1.29 is 19.1 Å². The normalized spacial score (nSPS) is 10.5. The van der Waals surface area contributed by atoms with Gasteiger partial charge in [0.05, 0.1) is 31.3 Å². The lowest BCUT2D eigenvalue weighted by atomic mass is 10.1. The minimum absolute atomic E-state index is 0.139. The van der Waals surface area contributed by atoms with Crippen LogP contribution in [0, 0.1) is 6.92 Å². The van der Waals surface area contributed by atoms with Crippen LogP contribution in [0.15, 0.2) is 54.7 Å². The molecule has 30 heavy (non-hydrogen) atoms. The number of methoxy groups -OCH3 is 1. The van der Waals surface area contributed by atoms with Gasteiger partial charge in [0.1, 0.15) is 11.3 Å². The van der Waals surface area contributed by atoms with Gasteiger partial charge in [-0.2, -0.15) is 5.10 Å². The van der Waals surface area contributed by atoms with Gasteiger partial charge in [0, 0.05) is 12.1 Å². The zero-order valence-corrected chi connectivity index (χ0v) is 17.3. The molecule has 3 rings (SSSR count). The van der Waals surface area contributed by atoms with Crippen molar-refractivity contribution in [3.63, 3.8) is 0 Å². The number of nitrogens with one attached hydrogen (secondary N) is 1. The number of hydrogen-bond donors (Lipinski definition) is 1. The molecule has 0 atom stereocenters. The molecule has 0 aliphatic heterocycles. The summed E-state index contributed by atoms with van der Waals surface area (Å²) in [5, 5.41) is 7.19. The van der Waals surface area contributed by atoms with Crippen LogP contribution in [0.3, 0.4) is 0 Å². The molecule has 0 fully saturated rings. The molecule has 2 aromatic carbocycles. The Morgan fingerprint density at radius 3 is 2.40 bits per heavy atom. The van der Waals surface area contributed by atoms with Crippen molar-refractivity contribution >= 4 is 11.9 Å². The van der Waals surface area contributed by atoms with Gasteiger partial charge in [0.25, 0.3) is 5.91 Å². The molecule has 7 heteroatoms. The van der Waals surface area contributed by atoms with Crippen molar-refractivity contribution in [2.45, 2.75) is 20.3 Å². The zero-order valence-electron chi connectivity index (χ0n) is 17.3. The number of amides is 1. The number of rotatable bonds is 8. The topological polar surface area (TPSA) is 82.5 Å². The molecule has 0 aliphatic carbocycles. The highest BCUT2D eigenvalue weighted by atomic mass is 16.5. The van der Waals surface area contributed by atoms with Gasteiger partial charge < -0.3 is 14.8 Å². The first-order chi connectivity index (χ1) is 14.5. The molecule has 0 spiro atoms. The van der Waals surface area contributed by atoms with Gasteiger partial charge in [-0.1, -0.05) is 12.1 Å². The molecule has 0 saturated heterocycles. The number of carbonyl (C=O) groups excluding carboxylic acids is 2. The van der Waals surface area contributed by atoms with Gasteiger partial charge in [-0.25, -0.2) is 9.48 Å². The fraction of sp³-hybridized carbons (Fsp3) is 0.261. The van der Waals surface area contributed by atoms with Gasteiger partial charge in [-0.15, -0.1) is 0 Å². The lowest BCUT2D eigenvalue weighted by Gasteiger charge is -2.08. The van der Waals surface area contributed by atoms with E-state index in [-0.39, 0.29) is 5.91 Å². The second-order valence-corrected chi connectivity index (χ2v) is 6.68. The van der Waals surface area contributed by atoms with Crippen molar-refractivity contribution in [3.8, 4) is 11.4 Å². The maximum absolute atomic E-state index is 12.4. The van der Waals surface area contributed by atoms with Crippen LogP contribution in [0.4, 0.5) is 0 Å². The van der Waals surface area contributed by atoms with Crippen LogP contribution in [0.5, 0.6) is 5.75 Å². The molecule has 3 aromatic rings. The van der Waals surface area contributed by atoms with Gasteiger partial charge >= 0.3 is 5.97 Å². The van der Waals surface area contributed by atoms with E-state index < -0.39 is 5.97 Å². The summed E-state index contributed by atoms with van der Waals surface area (Å²) in [6.07, 6.45) is 2.23. The van der Waals surface area contributed by atoms with Gasteiger partial charge in [-0.05, 0) is 62.2 Å². The van der Waals surface area contributed by atoms with E-state index >= 15 is 0 Å². The van der Waals surface area contributed by atoms with Crippen molar-refractivity contribution in [2.24, 2.45) is 0 Å². The highest BCUT2D eigenvalue weighted by Gasteiger charge is 2.16. The standard InChI is InChI=1S/C23H25N3O4/c1-4-30-23(28)21-15-25-26(16(21)2)19-9-7-18(8-10-19)22(27)24-14-13-17-5-11-20(29-3)12-6-17/h5-12,15H,4,13-14H2,1-3H3,(H,24,27). The Bertz CT molecular complexity index is 1010. The molecule has 156 valence electrons. The number of benzene rings is 2. The van der Waals surface area contributed by atoms with Crippen molar-refractivity contribution in [1.82, 2.24) is 15.1 Å². The molecule has 0 bridgehead atoms. The summed E-state index contributed by atoms with van der Waals surface area (Å²) < 4.78 is 11.8. The summed E-state index contributed by atoms with van der Waals surface area (Å²) in [4.78, 5) is 24.4. The SMILES string of the molecule is CCOC(=O)c1cnn(-c2ccc(C(=O)NCCc3ccc(OC)cc3)cc2)c1C. The van der Waals surface area contributed by atoms with Crippen LogP contribution in [-0.4, -0.2) is 41.9 Å². The number of ether oxygens (including phenoxy) is 2. The number of nitrogens with zero attached hydrogens (tertiary/aromatic N) is 2. The van der Waals surface area contributed by atoms with Crippen LogP contribution >= 0.6 is 0 Å². The third-order valence-corrected chi connectivity index (χ3v) is 4.74. The Morgan fingerprint density at radius 1 is 1.07 bits per heavy atom. The van der Waals surface area contributed by atoms with E-state index in [1.165, 1.54) is 6.20 Å². The van der Waals surface area contributed by atoms with E-state index in [2.05, 4.69) is 10.4 Å². The molecule has 0 unspecified atom stereocenters. The molecule has 0 aliphatic rings. The van der Waals surface area contributed by atoms with E-state index in [1.54, 1.807) is 49.9 Å². The summed E-state index contributed by atoms with van der Waals surface area (Å²) in [6.45, 7) is 4.41. The van der Waals surface area contributed by atoms with Gasteiger partial charge in [0.2, 0.25) is 0 Å². The number of hydrogen-bond acceptors (Lipinski definition) is 5. The van der Waals surface area contributed by atoms with Crippen LogP contribution < -0.4 is 10.1 Å². The summed E-state index contributed by atoms with van der Waals surface area (Å²) in [5.74, 6) is 0.276. The molecule has 1 heterocycles. The minimum Gasteiger partial charge on any atom is -0.497 e. The Balaban J connectivity index is 1.59. The predicted molar refractivity (Wildman–Crippen MR) is 113 cm³/mol. The van der Waals surface area contributed by atoms with E-state index in [1.807, 2.05) is 24.3 Å². The van der Waals surface area contributed by atoms with Crippen LogP contribution in [0.2, 0.25) is 0 Å². The first kappa shape index (κ1) is 21.1. The summed E-state index contributed by atoms with van der Waals surface area (Å²) >= 11 is 0. The largest absolute Gasteiger partial charge is 0.497 e. The first-order valence-corrected chi connectivity index (χ1v) is 9.76. The van der Waals surface area contributed by atoms with Crippen LogP contribution in [0.1, 0.15) is 38.9 Å². The number of aromatic nitrogens is 2. The monoisotopic (exact) mass is 407 g/mol. The van der Waals surface area contributed by atoms with E-state index in [0.29, 0.717) is 30.0 Å². The zero-order chi connectivity index (χ0) is 21.5. The molecule has 0 radical (unpaired) electrons. The lowest BCUT2D eigenvalue weighted by molar-refractivity contribution is 0.0525. The summed E-state index contributed by atoms with van der Waals surface area (Å²) in [5.41, 5.74) is 3.56. The minimum atomic E-state index is -0.394. The first-order valence-electron chi connectivity index (χ1n) is 9.76. The van der Waals surface area contributed by atoms with Crippen molar-refractivity contribution in [1.29, 1.82) is 0 Å². The van der Waals surface area contributed by atoms with Gasteiger partial charge in [-0.3, -0.25) is 4.79 Å². The lowest BCUT2D eigenvalue weighted by Crippen LogP contribution is -2.25. The van der Waals surface area contributed by atoms with Crippen LogP contribution in [-0.2, 0) is 11.2 Å². The van der Waals surface area contributed by atoms with Crippen LogP contribution in [0.25, 0.3) is 5.69 Å². The predicted octanol–water partition coefficient (Wildman–Crippen LogP) is 3.34. The Hall–Kier alpha value is -3.61. The second kappa shape index (κ2) is 9.73. The molecule has 1 aromatic heterocycles. The van der Waals surface area contributed by atoms with Crippen molar-refractivity contribution in [3.05, 3.63) is 77.1 Å². The number of esters is 1. The Morgan fingerprint density at radius 2 is 1.77 bits per heavy atom. The molecule has 1 N–H and O–H groups in total. The van der Waals surface area contributed by atoms with E-state index in [4.69, 9.17) is 9.47 Å². The Labute approximate surface area is 175 Å². The van der Waals surface area contributed by atoms with Crippen molar-refractivity contribution in [2.75, 3.05) is 20.3 Å². The molecular weight excluding hydrogens is 382 g/mol. The Kier molecular flexibility index (Phi) is 6.85. The third-order valence-electron chi connectivity index (χ3n) is 4.74. The van der Waals surface area contributed by atoms with E-state index in [0.717, 1.165) is 23.4 Å². The fourth-order valence-electron chi connectivity index (χ4n) is 3.05. The summed E-state index contributed by atoms with van der Waals surface area (Å²) in [6, 6.07) is 14.8. The average Bonchev–Trinajstić information content (AvgIpc) is 3.16. The van der Waals surface area contributed by atoms with E-state index in [9.17, 15) is 9.59 Å². The maximum atomic E-state index is 12.4. The highest BCUT2D eigenvalue weighted by Crippen LogP contribution is 2.16. The maximum Gasteiger partial charge on any atom is 0.341 e. The highest BCUT2D eigenvalue weighted by molar-refractivity contribution is 5.94. The average molecular weight is 407 g/mol. The molecule has 1 amide bonds. The molecule has 0 saturated carbocycles. The van der Waals surface area contributed by atoms with Gasteiger partial charge in [0.15, 0.2) is 0 Å². The second-order valence-electron chi connectivity index (χ2n) is 6.68. The fourth-order valence-corrected chi connectivity index (χ4v) is 3.05.